The summed E-state index contributed by atoms with van der Waals surface area (Å²) in [5.41, 5.74) is 1.37. The van der Waals surface area contributed by atoms with E-state index in [0.29, 0.717) is 10.7 Å². The van der Waals surface area contributed by atoms with E-state index in [0.717, 1.165) is 5.69 Å². The van der Waals surface area contributed by atoms with Gasteiger partial charge in [-0.25, -0.2) is 4.98 Å². The van der Waals surface area contributed by atoms with E-state index in [-0.39, 0.29) is 15.7 Å². The molecule has 2 N–H and O–H groups in total. The lowest BCUT2D eigenvalue weighted by Crippen LogP contribution is -2.14. The van der Waals surface area contributed by atoms with Gasteiger partial charge in [-0.15, -0.1) is 0 Å². The maximum absolute atomic E-state index is 12.1. The molecule has 1 aromatic heterocycles. The highest BCUT2D eigenvalue weighted by Crippen LogP contribution is 2.33. The number of rotatable bonds is 3. The van der Waals surface area contributed by atoms with E-state index in [4.69, 9.17) is 34.8 Å². The number of anilines is 2. The summed E-state index contributed by atoms with van der Waals surface area (Å²) in [7, 11) is 1.77. The van der Waals surface area contributed by atoms with Gasteiger partial charge in [0, 0.05) is 12.1 Å². The molecule has 0 saturated carbocycles. The number of halogens is 3. The molecular weight excluding hydrogens is 321 g/mol. The molecule has 0 aliphatic rings. The summed E-state index contributed by atoms with van der Waals surface area (Å²) in [6.07, 6.45) is 1.56. The van der Waals surface area contributed by atoms with Crippen LogP contribution in [0, 0.1) is 0 Å². The Labute approximate surface area is 131 Å². The van der Waals surface area contributed by atoms with Crippen LogP contribution in [-0.2, 0) is 0 Å². The maximum atomic E-state index is 12.1. The van der Waals surface area contributed by atoms with Crippen LogP contribution in [0.15, 0.2) is 30.5 Å². The molecule has 0 aliphatic carbocycles. The number of aromatic nitrogens is 1. The fraction of sp³-hybridized carbons (Fsp3) is 0.0769. The Bertz CT molecular complexity index is 621. The highest BCUT2D eigenvalue weighted by Gasteiger charge is 2.13. The van der Waals surface area contributed by atoms with Crippen LogP contribution in [0.2, 0.25) is 15.1 Å². The molecular formula is C13H10Cl3N3O. The largest absolute Gasteiger partial charge is 0.387 e. The highest BCUT2D eigenvalue weighted by atomic mass is 35.5. The Balaban J connectivity index is 2.23. The summed E-state index contributed by atoms with van der Waals surface area (Å²) < 4.78 is 0. The quantitative estimate of drug-likeness (QED) is 0.880. The van der Waals surface area contributed by atoms with Crippen LogP contribution in [0.5, 0.6) is 0 Å². The van der Waals surface area contributed by atoms with Gasteiger partial charge >= 0.3 is 0 Å². The first kappa shape index (κ1) is 14.9. The Kier molecular flexibility index (Phi) is 4.70. The summed E-state index contributed by atoms with van der Waals surface area (Å²) in [5.74, 6) is -0.404. The Morgan fingerprint density at radius 1 is 1.15 bits per heavy atom. The first-order valence-corrected chi connectivity index (χ1v) is 6.74. The van der Waals surface area contributed by atoms with Crippen LogP contribution in [0.3, 0.4) is 0 Å². The van der Waals surface area contributed by atoms with Gasteiger partial charge in [0.1, 0.15) is 5.69 Å². The molecule has 0 aliphatic heterocycles. The van der Waals surface area contributed by atoms with E-state index in [1.165, 1.54) is 12.1 Å². The van der Waals surface area contributed by atoms with Crippen LogP contribution < -0.4 is 10.6 Å². The fourth-order valence-electron chi connectivity index (χ4n) is 1.52. The van der Waals surface area contributed by atoms with Crippen molar-refractivity contribution in [3.63, 3.8) is 0 Å². The van der Waals surface area contributed by atoms with Crippen LogP contribution >= 0.6 is 34.8 Å². The molecule has 2 aromatic rings. The van der Waals surface area contributed by atoms with Gasteiger partial charge in [0.25, 0.3) is 5.91 Å². The smallest absolute Gasteiger partial charge is 0.274 e. The zero-order chi connectivity index (χ0) is 14.7. The van der Waals surface area contributed by atoms with Crippen LogP contribution in [0.25, 0.3) is 0 Å². The van der Waals surface area contributed by atoms with E-state index < -0.39 is 5.91 Å². The predicted octanol–water partition coefficient (Wildman–Crippen LogP) is 4.34. The number of nitrogens with one attached hydrogen (secondary N) is 2. The van der Waals surface area contributed by atoms with Gasteiger partial charge in [-0.05, 0) is 24.3 Å². The number of hydrogen-bond acceptors (Lipinski definition) is 3. The Morgan fingerprint density at radius 2 is 1.80 bits per heavy atom. The lowest BCUT2D eigenvalue weighted by atomic mass is 10.2. The predicted molar refractivity (Wildman–Crippen MR) is 83.2 cm³/mol. The van der Waals surface area contributed by atoms with Crippen molar-refractivity contribution in [2.45, 2.75) is 0 Å². The number of carbonyl (C=O) groups is 1. The third-order valence-electron chi connectivity index (χ3n) is 2.53. The summed E-state index contributed by atoms with van der Waals surface area (Å²) in [4.78, 5) is 16.1. The molecule has 4 nitrogen and oxygen atoms in total. The van der Waals surface area contributed by atoms with E-state index >= 15 is 0 Å². The van der Waals surface area contributed by atoms with Crippen LogP contribution in [-0.4, -0.2) is 17.9 Å². The first-order valence-electron chi connectivity index (χ1n) is 5.61. The van der Waals surface area contributed by atoms with Gasteiger partial charge in [-0.2, -0.15) is 0 Å². The maximum Gasteiger partial charge on any atom is 0.274 e. The van der Waals surface area contributed by atoms with Crippen LogP contribution in [0.1, 0.15) is 10.5 Å². The molecule has 0 unspecified atom stereocenters. The number of amides is 1. The van der Waals surface area contributed by atoms with Crippen molar-refractivity contribution in [3.05, 3.63) is 51.2 Å². The summed E-state index contributed by atoms with van der Waals surface area (Å²) in [5, 5.41) is 6.46. The molecule has 0 saturated heterocycles. The van der Waals surface area contributed by atoms with Gasteiger partial charge in [0.15, 0.2) is 0 Å². The number of nitrogens with zero attached hydrogens (tertiary/aromatic N) is 1. The molecule has 0 spiro atoms. The number of benzene rings is 1. The van der Waals surface area contributed by atoms with Crippen molar-refractivity contribution in [3.8, 4) is 0 Å². The lowest BCUT2D eigenvalue weighted by molar-refractivity contribution is 0.102. The minimum absolute atomic E-state index is 0.256. The average Bonchev–Trinajstić information content (AvgIpc) is 2.42. The molecule has 0 atom stereocenters. The molecule has 0 bridgehead atoms. The molecule has 2 rings (SSSR count). The Hall–Kier alpha value is -1.49. The lowest BCUT2D eigenvalue weighted by Gasteiger charge is -2.09. The minimum atomic E-state index is -0.404. The summed E-state index contributed by atoms with van der Waals surface area (Å²) in [6.45, 7) is 0. The van der Waals surface area contributed by atoms with Gasteiger partial charge < -0.3 is 10.6 Å². The topological polar surface area (TPSA) is 54.0 Å². The standard InChI is InChI=1S/C13H10Cl3N3O/c1-17-8-2-3-11(18-6-8)13(20)19-12-9(15)4-7(14)5-10(12)16/h2-6,17H,1H3,(H,19,20). The number of pyridine rings is 1. The third kappa shape index (κ3) is 3.33. The van der Waals surface area contributed by atoms with Crippen molar-refractivity contribution in [1.29, 1.82) is 0 Å². The van der Waals surface area contributed by atoms with E-state index in [1.54, 1.807) is 25.4 Å². The second-order valence-electron chi connectivity index (χ2n) is 3.88. The van der Waals surface area contributed by atoms with Gasteiger partial charge in [-0.3, -0.25) is 4.79 Å². The molecule has 0 fully saturated rings. The van der Waals surface area contributed by atoms with E-state index in [9.17, 15) is 4.79 Å². The monoisotopic (exact) mass is 329 g/mol. The highest BCUT2D eigenvalue weighted by molar-refractivity contribution is 6.42. The van der Waals surface area contributed by atoms with Crippen molar-refractivity contribution in [1.82, 2.24) is 4.98 Å². The van der Waals surface area contributed by atoms with Gasteiger partial charge in [-0.1, -0.05) is 34.8 Å². The average molecular weight is 331 g/mol. The number of hydrogen-bond donors (Lipinski definition) is 2. The molecule has 104 valence electrons. The molecule has 1 amide bonds. The van der Waals surface area contributed by atoms with Crippen molar-refractivity contribution < 1.29 is 4.79 Å². The van der Waals surface area contributed by atoms with Gasteiger partial charge in [0.2, 0.25) is 0 Å². The SMILES string of the molecule is CNc1ccc(C(=O)Nc2c(Cl)cc(Cl)cc2Cl)nc1. The molecule has 20 heavy (non-hydrogen) atoms. The molecule has 1 heterocycles. The minimum Gasteiger partial charge on any atom is -0.387 e. The normalized spacial score (nSPS) is 10.2. The molecule has 0 radical (unpaired) electrons. The zero-order valence-electron chi connectivity index (χ0n) is 10.4. The second kappa shape index (κ2) is 6.31. The molecule has 7 heteroatoms. The first-order chi connectivity index (χ1) is 9.51. The summed E-state index contributed by atoms with van der Waals surface area (Å²) >= 11 is 17.8. The molecule has 1 aromatic carbocycles. The van der Waals surface area contributed by atoms with E-state index in [1.807, 2.05) is 0 Å². The Morgan fingerprint density at radius 3 is 2.30 bits per heavy atom. The van der Waals surface area contributed by atoms with Gasteiger partial charge in [0.05, 0.1) is 27.6 Å². The van der Waals surface area contributed by atoms with E-state index in [2.05, 4.69) is 15.6 Å². The zero-order valence-corrected chi connectivity index (χ0v) is 12.6. The van der Waals surface area contributed by atoms with Crippen molar-refractivity contribution in [2.24, 2.45) is 0 Å². The van der Waals surface area contributed by atoms with Crippen LogP contribution in [0.4, 0.5) is 11.4 Å². The third-order valence-corrected chi connectivity index (χ3v) is 3.34. The fourth-order valence-corrected chi connectivity index (χ4v) is 2.43. The van der Waals surface area contributed by atoms with Crippen molar-refractivity contribution >= 4 is 52.1 Å². The van der Waals surface area contributed by atoms with Crippen molar-refractivity contribution in [2.75, 3.05) is 17.7 Å². The second-order valence-corrected chi connectivity index (χ2v) is 5.13. The summed E-state index contributed by atoms with van der Waals surface area (Å²) in [6, 6.07) is 6.34. The number of carbonyl (C=O) groups excluding carboxylic acids is 1.